The molecular weight excluding hydrogens is 244 g/mol. The van der Waals surface area contributed by atoms with Gasteiger partial charge >= 0.3 is 0 Å². The van der Waals surface area contributed by atoms with E-state index in [-0.39, 0.29) is 5.91 Å². The number of ether oxygens (including phenoxy) is 2. The summed E-state index contributed by atoms with van der Waals surface area (Å²) in [5.41, 5.74) is 0.160. The number of rotatable bonds is 2. The number of fused-ring (bicyclic) bond motifs is 1. The lowest BCUT2D eigenvalue weighted by molar-refractivity contribution is -0.135. The van der Waals surface area contributed by atoms with E-state index in [4.69, 9.17) is 15.3 Å². The maximum absolute atomic E-state index is 12.1. The van der Waals surface area contributed by atoms with Crippen LogP contribution < -0.4 is 15.3 Å². The number of amides is 1. The summed E-state index contributed by atoms with van der Waals surface area (Å²) in [6, 6.07) is 5.60. The molecule has 1 heterocycles. The predicted molar refractivity (Wildman–Crippen MR) is 72.0 cm³/mol. The number of nitrogens with zero attached hydrogens (tertiary/aromatic N) is 1. The van der Waals surface area contributed by atoms with Crippen molar-refractivity contribution in [2.75, 3.05) is 20.3 Å². The van der Waals surface area contributed by atoms with Gasteiger partial charge in [-0.05, 0) is 31.5 Å². The van der Waals surface area contributed by atoms with Gasteiger partial charge in [-0.15, -0.1) is 0 Å². The van der Waals surface area contributed by atoms with Crippen LogP contribution in [-0.2, 0) is 10.2 Å². The second kappa shape index (κ2) is 5.09. The summed E-state index contributed by atoms with van der Waals surface area (Å²) in [6.45, 7) is 4.97. The standard InChI is InChI=1S/C14H20N2O3/c1-14(2,13(17)16(3)15)10-5-6-11-12(9-10)19-8-4-7-18-11/h5-6,9H,4,7-8,15H2,1-3H3. The Hall–Kier alpha value is -1.75. The van der Waals surface area contributed by atoms with Gasteiger partial charge in [0.25, 0.3) is 0 Å². The molecule has 104 valence electrons. The number of hydrazine groups is 1. The van der Waals surface area contributed by atoms with Crippen molar-refractivity contribution in [3.05, 3.63) is 23.8 Å². The van der Waals surface area contributed by atoms with Gasteiger partial charge in [0.2, 0.25) is 5.91 Å². The topological polar surface area (TPSA) is 64.8 Å². The van der Waals surface area contributed by atoms with Crippen LogP contribution in [0.15, 0.2) is 18.2 Å². The smallest absolute Gasteiger partial charge is 0.246 e. The fraction of sp³-hybridized carbons (Fsp3) is 0.500. The Morgan fingerprint density at radius 3 is 2.53 bits per heavy atom. The van der Waals surface area contributed by atoms with Gasteiger partial charge in [0.15, 0.2) is 11.5 Å². The molecule has 1 aliphatic rings. The van der Waals surface area contributed by atoms with Crippen molar-refractivity contribution in [1.29, 1.82) is 0 Å². The van der Waals surface area contributed by atoms with Gasteiger partial charge in [-0.3, -0.25) is 9.80 Å². The van der Waals surface area contributed by atoms with Gasteiger partial charge in [-0.2, -0.15) is 0 Å². The van der Waals surface area contributed by atoms with Crippen LogP contribution in [0.25, 0.3) is 0 Å². The maximum atomic E-state index is 12.1. The minimum atomic E-state index is -0.700. The molecule has 1 amide bonds. The van der Waals surface area contributed by atoms with Crippen LogP contribution >= 0.6 is 0 Å². The molecule has 0 spiro atoms. The minimum Gasteiger partial charge on any atom is -0.490 e. The van der Waals surface area contributed by atoms with Gasteiger partial charge in [0.1, 0.15) is 0 Å². The zero-order valence-corrected chi connectivity index (χ0v) is 11.6. The second-order valence-corrected chi connectivity index (χ2v) is 5.25. The van der Waals surface area contributed by atoms with Crippen molar-refractivity contribution in [1.82, 2.24) is 5.01 Å². The number of benzene rings is 1. The summed E-state index contributed by atoms with van der Waals surface area (Å²) in [7, 11) is 1.55. The molecule has 0 aliphatic carbocycles. The third kappa shape index (κ3) is 2.66. The number of nitrogens with two attached hydrogens (primary N) is 1. The Bertz CT molecular complexity index is 484. The first-order chi connectivity index (χ1) is 8.93. The number of likely N-dealkylation sites (N-methyl/N-ethyl adjacent to an activating group) is 1. The summed E-state index contributed by atoms with van der Waals surface area (Å²) < 4.78 is 11.2. The fourth-order valence-corrected chi connectivity index (χ4v) is 2.12. The highest BCUT2D eigenvalue weighted by Crippen LogP contribution is 2.35. The molecule has 0 fully saturated rings. The fourth-order valence-electron chi connectivity index (χ4n) is 2.12. The minimum absolute atomic E-state index is 0.151. The molecule has 0 saturated carbocycles. The molecule has 1 aliphatic heterocycles. The van der Waals surface area contributed by atoms with Gasteiger partial charge in [-0.1, -0.05) is 6.07 Å². The quantitative estimate of drug-likeness (QED) is 0.499. The third-order valence-electron chi connectivity index (χ3n) is 3.32. The van der Waals surface area contributed by atoms with E-state index in [0.717, 1.165) is 22.7 Å². The third-order valence-corrected chi connectivity index (χ3v) is 3.32. The second-order valence-electron chi connectivity index (χ2n) is 5.25. The highest BCUT2D eigenvalue weighted by Gasteiger charge is 2.32. The van der Waals surface area contributed by atoms with Crippen LogP contribution in [0.2, 0.25) is 0 Å². The molecule has 1 aromatic carbocycles. The van der Waals surface area contributed by atoms with Gasteiger partial charge < -0.3 is 9.47 Å². The largest absolute Gasteiger partial charge is 0.490 e. The summed E-state index contributed by atoms with van der Waals surface area (Å²) in [4.78, 5) is 12.1. The first kappa shape index (κ1) is 13.7. The molecular formula is C14H20N2O3. The van der Waals surface area contributed by atoms with Gasteiger partial charge in [0.05, 0.1) is 18.6 Å². The van der Waals surface area contributed by atoms with E-state index in [9.17, 15) is 4.79 Å². The summed E-state index contributed by atoms with van der Waals surface area (Å²) in [5.74, 6) is 6.82. The van der Waals surface area contributed by atoms with Crippen LogP contribution in [0, 0.1) is 0 Å². The highest BCUT2D eigenvalue weighted by atomic mass is 16.5. The van der Waals surface area contributed by atoms with Crippen LogP contribution in [0.5, 0.6) is 11.5 Å². The van der Waals surface area contributed by atoms with Crippen LogP contribution in [-0.4, -0.2) is 31.2 Å². The number of carbonyl (C=O) groups is 1. The Labute approximate surface area is 113 Å². The molecule has 0 unspecified atom stereocenters. The van der Waals surface area contributed by atoms with E-state index >= 15 is 0 Å². The molecule has 0 bridgehead atoms. The van der Waals surface area contributed by atoms with Crippen LogP contribution in [0.3, 0.4) is 0 Å². The first-order valence-electron chi connectivity index (χ1n) is 6.36. The molecule has 0 atom stereocenters. The van der Waals surface area contributed by atoms with Crippen molar-refractivity contribution in [2.24, 2.45) is 5.84 Å². The average molecular weight is 264 g/mol. The summed E-state index contributed by atoms with van der Waals surface area (Å²) in [6.07, 6.45) is 0.859. The number of carbonyl (C=O) groups excluding carboxylic acids is 1. The van der Waals surface area contributed by atoms with E-state index in [0.29, 0.717) is 19.0 Å². The Morgan fingerprint density at radius 2 is 1.89 bits per heavy atom. The predicted octanol–water partition coefficient (Wildman–Crippen LogP) is 1.46. The highest BCUT2D eigenvalue weighted by molar-refractivity contribution is 5.87. The van der Waals surface area contributed by atoms with Crippen molar-refractivity contribution in [2.45, 2.75) is 25.7 Å². The molecule has 5 nitrogen and oxygen atoms in total. The van der Waals surface area contributed by atoms with Crippen LogP contribution in [0.4, 0.5) is 0 Å². The summed E-state index contributed by atoms with van der Waals surface area (Å²) in [5, 5.41) is 1.11. The Kier molecular flexibility index (Phi) is 3.66. The van der Waals surface area contributed by atoms with E-state index in [1.54, 1.807) is 7.05 Å². The summed E-state index contributed by atoms with van der Waals surface area (Å²) >= 11 is 0. The molecule has 0 saturated heterocycles. The Morgan fingerprint density at radius 1 is 1.26 bits per heavy atom. The van der Waals surface area contributed by atoms with Gasteiger partial charge in [0, 0.05) is 13.5 Å². The van der Waals surface area contributed by atoms with E-state index < -0.39 is 5.41 Å². The zero-order chi connectivity index (χ0) is 14.0. The number of hydrogen-bond acceptors (Lipinski definition) is 4. The SMILES string of the molecule is CN(N)C(=O)C(C)(C)c1ccc2c(c1)OCCCO2. The molecule has 19 heavy (non-hydrogen) atoms. The monoisotopic (exact) mass is 264 g/mol. The molecule has 5 heteroatoms. The lowest BCUT2D eigenvalue weighted by Crippen LogP contribution is -2.44. The number of hydrogen-bond donors (Lipinski definition) is 1. The van der Waals surface area contributed by atoms with E-state index in [2.05, 4.69) is 0 Å². The van der Waals surface area contributed by atoms with E-state index in [1.807, 2.05) is 32.0 Å². The van der Waals surface area contributed by atoms with Crippen molar-refractivity contribution in [3.63, 3.8) is 0 Å². The van der Waals surface area contributed by atoms with Crippen molar-refractivity contribution in [3.8, 4) is 11.5 Å². The Balaban J connectivity index is 2.36. The molecule has 2 rings (SSSR count). The normalized spacial score (nSPS) is 14.7. The molecule has 1 aromatic rings. The first-order valence-corrected chi connectivity index (χ1v) is 6.36. The molecule has 0 radical (unpaired) electrons. The zero-order valence-electron chi connectivity index (χ0n) is 11.6. The lowest BCUT2D eigenvalue weighted by Gasteiger charge is -2.27. The molecule has 0 aromatic heterocycles. The maximum Gasteiger partial charge on any atom is 0.246 e. The van der Waals surface area contributed by atoms with Gasteiger partial charge in [-0.25, -0.2) is 5.84 Å². The van der Waals surface area contributed by atoms with Crippen molar-refractivity contribution < 1.29 is 14.3 Å². The van der Waals surface area contributed by atoms with E-state index in [1.165, 1.54) is 0 Å². The lowest BCUT2D eigenvalue weighted by atomic mass is 9.83. The van der Waals surface area contributed by atoms with Crippen LogP contribution in [0.1, 0.15) is 25.8 Å². The van der Waals surface area contributed by atoms with Crippen molar-refractivity contribution >= 4 is 5.91 Å². The average Bonchev–Trinajstić information content (AvgIpc) is 2.61. The molecule has 2 N–H and O–H groups in total.